The van der Waals surface area contributed by atoms with Crippen molar-refractivity contribution in [2.24, 2.45) is 5.92 Å². The maximum Gasteiger partial charge on any atom is 0.159 e. The van der Waals surface area contributed by atoms with Crippen molar-refractivity contribution in [3.05, 3.63) is 48.8 Å². The first kappa shape index (κ1) is 25.6. The van der Waals surface area contributed by atoms with Gasteiger partial charge in [0, 0.05) is 30.9 Å². The highest BCUT2D eigenvalue weighted by atomic mass is 19.1. The van der Waals surface area contributed by atoms with Gasteiger partial charge in [-0.1, -0.05) is 44.7 Å². The average Bonchev–Trinajstić information content (AvgIpc) is 2.93. The summed E-state index contributed by atoms with van der Waals surface area (Å²) < 4.78 is 20.7. The van der Waals surface area contributed by atoms with E-state index in [1.807, 2.05) is 13.8 Å². The first-order chi connectivity index (χ1) is 17.0. The van der Waals surface area contributed by atoms with Gasteiger partial charge in [-0.2, -0.15) is 0 Å². The van der Waals surface area contributed by atoms with Gasteiger partial charge in [-0.05, 0) is 69.5 Å². The Hall–Kier alpha value is -2.47. The predicted octanol–water partition coefficient (Wildman–Crippen LogP) is 6.22. The third kappa shape index (κ3) is 6.81. The smallest absolute Gasteiger partial charge is 0.159 e. The summed E-state index contributed by atoms with van der Waals surface area (Å²) >= 11 is 0. The van der Waals surface area contributed by atoms with Crippen molar-refractivity contribution in [3.8, 4) is 17.1 Å². The van der Waals surface area contributed by atoms with Crippen LogP contribution in [0.2, 0.25) is 0 Å². The van der Waals surface area contributed by atoms with Gasteiger partial charge in [-0.3, -0.25) is 0 Å². The van der Waals surface area contributed by atoms with E-state index in [9.17, 15) is 4.39 Å². The molecule has 2 saturated heterocycles. The zero-order valence-electron chi connectivity index (χ0n) is 21.5. The molecule has 0 spiro atoms. The normalized spacial score (nSPS) is 18.0. The Morgan fingerprint density at radius 2 is 1.63 bits per heavy atom. The molecule has 0 bridgehead atoms. The van der Waals surface area contributed by atoms with E-state index in [0.717, 1.165) is 55.8 Å². The number of hydrogen-bond acceptors (Lipinski definition) is 5. The largest absolute Gasteiger partial charge is 0.490 e. The summed E-state index contributed by atoms with van der Waals surface area (Å²) in [5.74, 6) is 1.89. The number of aromatic nitrogens is 2. The highest BCUT2D eigenvalue weighted by Gasteiger charge is 2.30. The zero-order chi connectivity index (χ0) is 24.7. The van der Waals surface area contributed by atoms with Crippen LogP contribution in [0.25, 0.3) is 17.1 Å². The van der Waals surface area contributed by atoms with E-state index in [0.29, 0.717) is 43.5 Å². The third-order valence-electron chi connectivity index (χ3n) is 7.81. The van der Waals surface area contributed by atoms with Crippen molar-refractivity contribution in [2.75, 3.05) is 39.3 Å². The molecule has 35 heavy (non-hydrogen) atoms. The molecule has 2 aliphatic heterocycles. The molecule has 1 aromatic carbocycles. The Kier molecular flexibility index (Phi) is 8.77. The van der Waals surface area contributed by atoms with Crippen LogP contribution in [0.5, 0.6) is 5.75 Å². The van der Waals surface area contributed by atoms with Crippen LogP contribution in [0, 0.1) is 5.92 Å². The Bertz CT molecular complexity index is 928. The van der Waals surface area contributed by atoms with Gasteiger partial charge in [0.25, 0.3) is 0 Å². The van der Waals surface area contributed by atoms with Crippen molar-refractivity contribution in [2.45, 2.75) is 64.5 Å². The predicted molar refractivity (Wildman–Crippen MR) is 141 cm³/mol. The molecule has 0 atom stereocenters. The molecule has 1 aromatic heterocycles. The van der Waals surface area contributed by atoms with Gasteiger partial charge in [0.15, 0.2) is 11.6 Å². The van der Waals surface area contributed by atoms with Crippen LogP contribution in [0.1, 0.15) is 64.4 Å². The van der Waals surface area contributed by atoms with Gasteiger partial charge >= 0.3 is 0 Å². The third-order valence-corrected chi connectivity index (χ3v) is 7.81. The Morgan fingerprint density at radius 3 is 2.23 bits per heavy atom. The fraction of sp³-hybridized carbons (Fsp3) is 0.586. The summed E-state index contributed by atoms with van der Waals surface area (Å²) in [5.41, 5.74) is 2.20. The molecular weight excluding hydrogens is 439 g/mol. The number of piperidine rings is 2. The summed E-state index contributed by atoms with van der Waals surface area (Å²) in [6.45, 7) is 13.5. The van der Waals surface area contributed by atoms with Gasteiger partial charge < -0.3 is 14.5 Å². The minimum Gasteiger partial charge on any atom is -0.490 e. The molecule has 5 nitrogen and oxygen atoms in total. The quantitative estimate of drug-likeness (QED) is 0.404. The molecule has 0 unspecified atom stereocenters. The minimum atomic E-state index is -1.05. The van der Waals surface area contributed by atoms with E-state index in [4.69, 9.17) is 4.74 Å². The van der Waals surface area contributed by atoms with E-state index in [1.54, 1.807) is 12.4 Å². The average molecular weight is 481 g/mol. The molecule has 0 aliphatic carbocycles. The molecule has 0 saturated carbocycles. The van der Waals surface area contributed by atoms with E-state index >= 15 is 0 Å². The summed E-state index contributed by atoms with van der Waals surface area (Å²) in [7, 11) is 0. The lowest BCUT2D eigenvalue weighted by molar-refractivity contribution is 0.0568. The number of rotatable bonds is 10. The van der Waals surface area contributed by atoms with E-state index in [2.05, 4.69) is 50.6 Å². The molecule has 3 heterocycles. The first-order valence-corrected chi connectivity index (χ1v) is 13.4. The Labute approximate surface area is 210 Å². The maximum absolute atomic E-state index is 14.7. The van der Waals surface area contributed by atoms with Crippen molar-refractivity contribution in [1.82, 2.24) is 19.8 Å². The van der Waals surface area contributed by atoms with Crippen LogP contribution in [0.4, 0.5) is 4.39 Å². The van der Waals surface area contributed by atoms with Crippen molar-refractivity contribution in [3.63, 3.8) is 0 Å². The van der Waals surface area contributed by atoms with E-state index in [1.165, 1.54) is 19.3 Å². The molecule has 2 aliphatic rings. The van der Waals surface area contributed by atoms with Crippen molar-refractivity contribution in [1.29, 1.82) is 0 Å². The second kappa shape index (κ2) is 12.0. The molecule has 2 aromatic rings. The number of ether oxygens (including phenoxy) is 1. The van der Waals surface area contributed by atoms with Crippen molar-refractivity contribution < 1.29 is 9.13 Å². The molecule has 2 fully saturated rings. The fourth-order valence-electron chi connectivity index (χ4n) is 5.10. The van der Waals surface area contributed by atoms with E-state index < -0.39 is 5.67 Å². The standard InChI is InChI=1S/C29H41FN4O/c1-4-29(30,5-2)22-33-17-13-24(14-18-33)21-35-27-19-31-28(32-20-27)26-11-9-25(10-12-26)23(3)34-15-7-6-8-16-34/h9-12,19-20,24H,3-8,13-18,21-22H2,1-2H3. The number of alkyl halides is 1. The molecule has 0 N–H and O–H groups in total. The first-order valence-electron chi connectivity index (χ1n) is 13.4. The summed E-state index contributed by atoms with van der Waals surface area (Å²) in [6.07, 6.45) is 10.6. The summed E-state index contributed by atoms with van der Waals surface area (Å²) in [5, 5.41) is 0. The maximum atomic E-state index is 14.7. The van der Waals surface area contributed by atoms with Crippen LogP contribution >= 0.6 is 0 Å². The number of likely N-dealkylation sites (tertiary alicyclic amines) is 2. The Morgan fingerprint density at radius 1 is 1.00 bits per heavy atom. The molecule has 0 radical (unpaired) electrons. The second-order valence-electron chi connectivity index (χ2n) is 10.2. The van der Waals surface area contributed by atoms with Crippen molar-refractivity contribution >= 4 is 5.70 Å². The van der Waals surface area contributed by atoms with Gasteiger partial charge in [-0.15, -0.1) is 0 Å². The SMILES string of the molecule is C=C(c1ccc(-c2ncc(OCC3CCN(CC(F)(CC)CC)CC3)cn2)cc1)N1CCCCC1. The topological polar surface area (TPSA) is 41.5 Å². The van der Waals surface area contributed by atoms with Gasteiger partial charge in [0.05, 0.1) is 19.0 Å². The fourth-order valence-corrected chi connectivity index (χ4v) is 5.10. The molecule has 4 rings (SSSR count). The van der Waals surface area contributed by atoms with Gasteiger partial charge in [0.2, 0.25) is 0 Å². The van der Waals surface area contributed by atoms with Crippen LogP contribution < -0.4 is 4.74 Å². The lowest BCUT2D eigenvalue weighted by Crippen LogP contribution is -2.44. The highest BCUT2D eigenvalue weighted by molar-refractivity contribution is 5.66. The lowest BCUT2D eigenvalue weighted by Gasteiger charge is -2.36. The number of nitrogens with zero attached hydrogens (tertiary/aromatic N) is 4. The van der Waals surface area contributed by atoms with Crippen LogP contribution in [-0.4, -0.2) is 64.8 Å². The summed E-state index contributed by atoms with van der Waals surface area (Å²) in [6, 6.07) is 8.36. The Balaban J connectivity index is 1.24. The molecule has 6 heteroatoms. The molecular formula is C29H41FN4O. The molecule has 0 amide bonds. The zero-order valence-corrected chi connectivity index (χ0v) is 21.5. The van der Waals surface area contributed by atoms with Gasteiger partial charge in [0.1, 0.15) is 5.67 Å². The highest BCUT2D eigenvalue weighted by Crippen LogP contribution is 2.27. The number of halogens is 1. The van der Waals surface area contributed by atoms with Crippen LogP contribution in [0.3, 0.4) is 0 Å². The minimum absolute atomic E-state index is 0.490. The monoisotopic (exact) mass is 480 g/mol. The van der Waals surface area contributed by atoms with Gasteiger partial charge in [-0.25, -0.2) is 14.4 Å². The van der Waals surface area contributed by atoms with E-state index in [-0.39, 0.29) is 0 Å². The van der Waals surface area contributed by atoms with Crippen LogP contribution in [-0.2, 0) is 0 Å². The molecule has 190 valence electrons. The summed E-state index contributed by atoms with van der Waals surface area (Å²) in [4.78, 5) is 13.7. The second-order valence-corrected chi connectivity index (χ2v) is 10.2. The number of hydrogen-bond donors (Lipinski definition) is 0. The lowest BCUT2D eigenvalue weighted by atomic mass is 9.94. The van der Waals surface area contributed by atoms with Crippen LogP contribution in [0.15, 0.2) is 43.2 Å². The number of benzene rings is 1.